The van der Waals surface area contributed by atoms with Gasteiger partial charge in [-0.3, -0.25) is 9.78 Å². The molecule has 0 aliphatic rings. The Bertz CT molecular complexity index is 823. The van der Waals surface area contributed by atoms with Gasteiger partial charge in [-0.05, 0) is 42.7 Å². The predicted octanol–water partition coefficient (Wildman–Crippen LogP) is 4.24. The van der Waals surface area contributed by atoms with Crippen LogP contribution in [-0.2, 0) is 0 Å². The lowest BCUT2D eigenvalue weighted by molar-refractivity contribution is 0.102. The van der Waals surface area contributed by atoms with Crippen molar-refractivity contribution in [1.82, 2.24) is 9.97 Å². The third kappa shape index (κ3) is 4.11. The summed E-state index contributed by atoms with van der Waals surface area (Å²) in [4.78, 5) is 20.4. The average molecular weight is 337 g/mol. The summed E-state index contributed by atoms with van der Waals surface area (Å²) < 4.78 is 5.73. The highest BCUT2D eigenvalue weighted by molar-refractivity contribution is 7.98. The van der Waals surface area contributed by atoms with Crippen LogP contribution in [-0.4, -0.2) is 22.1 Å². The second-order valence-corrected chi connectivity index (χ2v) is 5.68. The molecule has 3 aromatic rings. The Morgan fingerprint density at radius 2 is 1.92 bits per heavy atom. The second kappa shape index (κ2) is 7.61. The van der Waals surface area contributed by atoms with E-state index in [2.05, 4.69) is 15.3 Å². The Balaban J connectivity index is 1.70. The molecule has 0 bridgehead atoms. The molecule has 0 atom stereocenters. The van der Waals surface area contributed by atoms with Crippen molar-refractivity contribution in [2.45, 2.75) is 5.03 Å². The predicted molar refractivity (Wildman–Crippen MR) is 94.7 cm³/mol. The van der Waals surface area contributed by atoms with E-state index in [-0.39, 0.29) is 5.91 Å². The number of nitrogens with zero attached hydrogens (tertiary/aromatic N) is 2. The maximum atomic E-state index is 12.3. The SMILES string of the molecule is CSc1ccc(C(=O)Nc2cccc(Oc3ccncc3)c2)cn1. The minimum Gasteiger partial charge on any atom is -0.457 e. The number of pyridine rings is 2. The van der Waals surface area contributed by atoms with E-state index in [0.29, 0.717) is 22.7 Å². The molecule has 1 amide bonds. The molecule has 3 rings (SSSR count). The summed E-state index contributed by atoms with van der Waals surface area (Å²) in [6.07, 6.45) is 6.83. The van der Waals surface area contributed by atoms with E-state index in [1.54, 1.807) is 48.9 Å². The number of anilines is 1. The smallest absolute Gasteiger partial charge is 0.257 e. The first-order valence-electron chi connectivity index (χ1n) is 7.24. The summed E-state index contributed by atoms with van der Waals surface area (Å²) in [5, 5.41) is 3.72. The van der Waals surface area contributed by atoms with Crippen LogP contribution in [0.25, 0.3) is 0 Å². The third-order valence-corrected chi connectivity index (χ3v) is 3.84. The standard InChI is InChI=1S/C18H15N3O2S/c1-24-17-6-5-13(12-20-17)18(22)21-14-3-2-4-16(11-14)23-15-7-9-19-10-8-15/h2-12H,1H3,(H,21,22). The van der Waals surface area contributed by atoms with Gasteiger partial charge in [-0.15, -0.1) is 11.8 Å². The lowest BCUT2D eigenvalue weighted by atomic mass is 10.2. The topological polar surface area (TPSA) is 64.1 Å². The van der Waals surface area contributed by atoms with Crippen molar-refractivity contribution in [3.63, 3.8) is 0 Å². The van der Waals surface area contributed by atoms with Gasteiger partial charge in [0.05, 0.1) is 10.6 Å². The van der Waals surface area contributed by atoms with E-state index in [1.807, 2.05) is 24.5 Å². The Morgan fingerprint density at radius 3 is 2.62 bits per heavy atom. The minimum absolute atomic E-state index is 0.212. The van der Waals surface area contributed by atoms with Crippen LogP contribution in [0, 0.1) is 0 Å². The monoisotopic (exact) mass is 337 g/mol. The molecule has 0 unspecified atom stereocenters. The number of benzene rings is 1. The zero-order valence-electron chi connectivity index (χ0n) is 13.0. The summed E-state index contributed by atoms with van der Waals surface area (Å²) in [5.74, 6) is 1.11. The lowest BCUT2D eigenvalue weighted by Gasteiger charge is -2.09. The first-order chi connectivity index (χ1) is 11.7. The molecule has 24 heavy (non-hydrogen) atoms. The molecular weight excluding hydrogens is 322 g/mol. The summed E-state index contributed by atoms with van der Waals surface area (Å²) in [7, 11) is 0. The number of rotatable bonds is 5. The van der Waals surface area contributed by atoms with Gasteiger partial charge in [-0.1, -0.05) is 6.07 Å². The number of nitrogens with one attached hydrogen (secondary N) is 1. The molecule has 120 valence electrons. The highest BCUT2D eigenvalue weighted by Crippen LogP contribution is 2.24. The third-order valence-electron chi connectivity index (χ3n) is 3.19. The largest absolute Gasteiger partial charge is 0.457 e. The van der Waals surface area contributed by atoms with E-state index < -0.39 is 0 Å². The molecule has 5 nitrogen and oxygen atoms in total. The number of hydrogen-bond donors (Lipinski definition) is 1. The molecule has 0 spiro atoms. The summed E-state index contributed by atoms with van der Waals surface area (Å²) in [6.45, 7) is 0. The lowest BCUT2D eigenvalue weighted by Crippen LogP contribution is -2.12. The van der Waals surface area contributed by atoms with E-state index in [9.17, 15) is 4.79 Å². The van der Waals surface area contributed by atoms with E-state index in [4.69, 9.17) is 4.74 Å². The maximum Gasteiger partial charge on any atom is 0.257 e. The first-order valence-corrected chi connectivity index (χ1v) is 8.46. The molecule has 0 fully saturated rings. The number of aromatic nitrogens is 2. The van der Waals surface area contributed by atoms with Gasteiger partial charge >= 0.3 is 0 Å². The van der Waals surface area contributed by atoms with Gasteiger partial charge in [0.15, 0.2) is 0 Å². The van der Waals surface area contributed by atoms with Gasteiger partial charge in [0.1, 0.15) is 11.5 Å². The second-order valence-electron chi connectivity index (χ2n) is 4.86. The molecule has 0 radical (unpaired) electrons. The molecule has 1 N–H and O–H groups in total. The summed E-state index contributed by atoms with van der Waals surface area (Å²) >= 11 is 1.53. The van der Waals surface area contributed by atoms with Crippen LogP contribution >= 0.6 is 11.8 Å². The average Bonchev–Trinajstić information content (AvgIpc) is 2.63. The van der Waals surface area contributed by atoms with Crippen LogP contribution in [0.15, 0.2) is 72.1 Å². The van der Waals surface area contributed by atoms with E-state index in [0.717, 1.165) is 5.03 Å². The molecule has 1 aromatic carbocycles. The summed E-state index contributed by atoms with van der Waals surface area (Å²) in [5.41, 5.74) is 1.16. The van der Waals surface area contributed by atoms with Gasteiger partial charge in [0.25, 0.3) is 5.91 Å². The van der Waals surface area contributed by atoms with Crippen molar-refractivity contribution < 1.29 is 9.53 Å². The van der Waals surface area contributed by atoms with Crippen LogP contribution in [0.1, 0.15) is 10.4 Å². The van der Waals surface area contributed by atoms with Gasteiger partial charge < -0.3 is 10.1 Å². The zero-order valence-corrected chi connectivity index (χ0v) is 13.8. The zero-order chi connectivity index (χ0) is 16.8. The Labute approximate surface area is 144 Å². The first kappa shape index (κ1) is 16.0. The van der Waals surface area contributed by atoms with Crippen LogP contribution < -0.4 is 10.1 Å². The molecule has 0 saturated carbocycles. The maximum absolute atomic E-state index is 12.3. The van der Waals surface area contributed by atoms with Gasteiger partial charge in [-0.2, -0.15) is 0 Å². The van der Waals surface area contributed by atoms with Crippen molar-refractivity contribution in [2.24, 2.45) is 0 Å². The molecular formula is C18H15N3O2S. The molecule has 0 saturated heterocycles. The number of ether oxygens (including phenoxy) is 1. The van der Waals surface area contributed by atoms with E-state index >= 15 is 0 Å². The molecule has 2 aromatic heterocycles. The number of carbonyl (C=O) groups is 1. The van der Waals surface area contributed by atoms with Crippen molar-refractivity contribution in [2.75, 3.05) is 11.6 Å². The van der Waals surface area contributed by atoms with Gasteiger partial charge in [-0.25, -0.2) is 4.98 Å². The number of carbonyl (C=O) groups excluding carboxylic acids is 1. The van der Waals surface area contributed by atoms with E-state index in [1.165, 1.54) is 11.8 Å². The van der Waals surface area contributed by atoms with Crippen LogP contribution in [0.5, 0.6) is 11.5 Å². The highest BCUT2D eigenvalue weighted by atomic mass is 32.2. The van der Waals surface area contributed by atoms with Crippen LogP contribution in [0.3, 0.4) is 0 Å². The number of hydrogen-bond acceptors (Lipinski definition) is 5. The minimum atomic E-state index is -0.212. The van der Waals surface area contributed by atoms with Crippen molar-refractivity contribution in [1.29, 1.82) is 0 Å². The number of thioether (sulfide) groups is 1. The quantitative estimate of drug-likeness (QED) is 0.705. The highest BCUT2D eigenvalue weighted by Gasteiger charge is 2.07. The fourth-order valence-electron chi connectivity index (χ4n) is 2.02. The van der Waals surface area contributed by atoms with Gasteiger partial charge in [0.2, 0.25) is 0 Å². The molecule has 0 aliphatic carbocycles. The number of amides is 1. The Kier molecular flexibility index (Phi) is 5.08. The molecule has 0 aliphatic heterocycles. The Hall–Kier alpha value is -2.86. The fraction of sp³-hybridized carbons (Fsp3) is 0.0556. The molecule has 2 heterocycles. The Morgan fingerprint density at radius 1 is 1.08 bits per heavy atom. The molecule has 6 heteroatoms. The van der Waals surface area contributed by atoms with Crippen molar-refractivity contribution in [3.8, 4) is 11.5 Å². The van der Waals surface area contributed by atoms with Crippen LogP contribution in [0.2, 0.25) is 0 Å². The van der Waals surface area contributed by atoms with Crippen molar-refractivity contribution in [3.05, 3.63) is 72.7 Å². The fourth-order valence-corrected chi connectivity index (χ4v) is 2.38. The summed E-state index contributed by atoms with van der Waals surface area (Å²) in [6, 6.07) is 14.3. The normalized spacial score (nSPS) is 10.2. The van der Waals surface area contributed by atoms with Gasteiger partial charge in [0, 0.05) is 30.3 Å². The van der Waals surface area contributed by atoms with Crippen LogP contribution in [0.4, 0.5) is 5.69 Å². The van der Waals surface area contributed by atoms with Crippen molar-refractivity contribution >= 4 is 23.4 Å².